The van der Waals surface area contributed by atoms with Crippen molar-refractivity contribution in [2.75, 3.05) is 36.1 Å². The van der Waals surface area contributed by atoms with Crippen LogP contribution in [-0.4, -0.2) is 47.3 Å². The number of ether oxygens (including phenoxy) is 1. The van der Waals surface area contributed by atoms with Crippen LogP contribution in [0.5, 0.6) is 0 Å². The topological polar surface area (TPSA) is 57.3 Å². The molecule has 2 aliphatic heterocycles. The quantitative estimate of drug-likeness (QED) is 0.368. The van der Waals surface area contributed by atoms with Crippen LogP contribution in [0.2, 0.25) is 0 Å². The molecule has 0 spiro atoms. The van der Waals surface area contributed by atoms with Crippen LogP contribution in [0.1, 0.15) is 54.6 Å². The first-order valence-corrected chi connectivity index (χ1v) is 13.6. The van der Waals surface area contributed by atoms with Gasteiger partial charge in [0, 0.05) is 60.0 Å². The average Bonchev–Trinajstić information content (AvgIpc) is 3.29. The van der Waals surface area contributed by atoms with E-state index in [1.807, 2.05) is 0 Å². The fourth-order valence-corrected chi connectivity index (χ4v) is 5.87. The second-order valence-corrected chi connectivity index (χ2v) is 11.0. The summed E-state index contributed by atoms with van der Waals surface area (Å²) in [5, 5.41) is 1.21. The van der Waals surface area contributed by atoms with Crippen LogP contribution in [-0.2, 0) is 17.7 Å². The Kier molecular flexibility index (Phi) is 6.15. The largest absolute Gasteiger partial charge is 0.377 e. The molecule has 4 aromatic rings. The van der Waals surface area contributed by atoms with E-state index in [1.165, 1.54) is 39.0 Å². The van der Waals surface area contributed by atoms with Crippen molar-refractivity contribution in [2.45, 2.75) is 59.5 Å². The van der Waals surface area contributed by atoms with Crippen LogP contribution in [0.3, 0.4) is 0 Å². The molecule has 192 valence electrons. The first-order chi connectivity index (χ1) is 17.9. The fourth-order valence-electron chi connectivity index (χ4n) is 5.87. The van der Waals surface area contributed by atoms with Crippen LogP contribution in [0.4, 0.5) is 11.5 Å². The van der Waals surface area contributed by atoms with Crippen molar-refractivity contribution in [1.29, 1.82) is 0 Å². The van der Waals surface area contributed by atoms with Gasteiger partial charge in [0.15, 0.2) is 5.82 Å². The molecule has 0 aliphatic carbocycles. The van der Waals surface area contributed by atoms with Crippen LogP contribution < -0.4 is 9.80 Å². The van der Waals surface area contributed by atoms with E-state index >= 15 is 0 Å². The molecule has 6 heteroatoms. The molecule has 0 bridgehead atoms. The predicted octanol–water partition coefficient (Wildman–Crippen LogP) is 6.15. The van der Waals surface area contributed by atoms with Gasteiger partial charge in [-0.05, 0) is 55.5 Å². The maximum absolute atomic E-state index is 5.80. The summed E-state index contributed by atoms with van der Waals surface area (Å²) in [6, 6.07) is 13.6. The first kappa shape index (κ1) is 24.0. The van der Waals surface area contributed by atoms with Crippen molar-refractivity contribution in [3.63, 3.8) is 0 Å². The number of H-pyrrole nitrogens is 1. The molecule has 0 amide bonds. The number of hydrogen-bond donors (Lipinski definition) is 1. The second kappa shape index (κ2) is 9.49. The summed E-state index contributed by atoms with van der Waals surface area (Å²) in [5.41, 5.74) is 9.92. The molecule has 2 aliphatic rings. The molecule has 1 N–H and O–H groups in total. The number of morpholine rings is 1. The van der Waals surface area contributed by atoms with Crippen LogP contribution in [0.25, 0.3) is 22.3 Å². The first-order valence-electron chi connectivity index (χ1n) is 13.6. The number of aromatic amines is 1. The Morgan fingerprint density at radius 2 is 1.92 bits per heavy atom. The summed E-state index contributed by atoms with van der Waals surface area (Å²) in [6.07, 6.45) is 2.98. The Bertz CT molecular complexity index is 1460. The molecule has 2 aromatic carbocycles. The molecular weight excluding hydrogens is 458 g/mol. The number of nitrogens with one attached hydrogen (secondary N) is 1. The molecular formula is C31H37N5O. The molecule has 0 radical (unpaired) electrons. The molecule has 6 nitrogen and oxygen atoms in total. The van der Waals surface area contributed by atoms with Gasteiger partial charge >= 0.3 is 0 Å². The van der Waals surface area contributed by atoms with Gasteiger partial charge in [0.1, 0.15) is 5.82 Å². The molecule has 2 aromatic heterocycles. The van der Waals surface area contributed by atoms with E-state index in [9.17, 15) is 0 Å². The normalized spacial score (nSPS) is 18.1. The lowest BCUT2D eigenvalue weighted by Crippen LogP contribution is -2.45. The summed E-state index contributed by atoms with van der Waals surface area (Å²) < 4.78 is 5.80. The van der Waals surface area contributed by atoms with Gasteiger partial charge in [0.2, 0.25) is 0 Å². The van der Waals surface area contributed by atoms with E-state index in [0.717, 1.165) is 62.0 Å². The average molecular weight is 496 g/mol. The Morgan fingerprint density at radius 1 is 1.05 bits per heavy atom. The molecule has 37 heavy (non-hydrogen) atoms. The third-order valence-electron chi connectivity index (χ3n) is 8.06. The van der Waals surface area contributed by atoms with Gasteiger partial charge < -0.3 is 19.5 Å². The molecule has 1 fully saturated rings. The summed E-state index contributed by atoms with van der Waals surface area (Å²) in [7, 11) is 0. The standard InChI is InChI=1S/C31H37N5O/c1-19(2)23-10-9-20(3)28(15-23)35-12-11-26-25(17-35)31(36-13-14-37-18-22(36)5)34-30(33-26)24-7-6-8-27-29(24)21(4)16-32-27/h6-10,15-16,19,22,32H,11-14,17-18H2,1-5H3/t22-/m0/s1. The Morgan fingerprint density at radius 3 is 2.73 bits per heavy atom. The van der Waals surface area contributed by atoms with Gasteiger partial charge in [-0.2, -0.15) is 0 Å². The molecule has 6 rings (SSSR count). The number of rotatable bonds is 4. The SMILES string of the molecule is Cc1ccc(C(C)C)cc1N1CCc2nc(-c3cccc4[nH]cc(C)c34)nc(N3CCOC[C@@H]3C)c2C1. The minimum Gasteiger partial charge on any atom is -0.377 e. The van der Waals surface area contributed by atoms with Crippen molar-refractivity contribution in [3.8, 4) is 11.4 Å². The molecule has 0 saturated carbocycles. The lowest BCUT2D eigenvalue weighted by Gasteiger charge is -2.39. The molecule has 0 unspecified atom stereocenters. The van der Waals surface area contributed by atoms with Gasteiger partial charge in [-0.3, -0.25) is 0 Å². The Labute approximate surface area is 219 Å². The zero-order valence-corrected chi connectivity index (χ0v) is 22.6. The number of aromatic nitrogens is 3. The van der Waals surface area contributed by atoms with Crippen LogP contribution in [0, 0.1) is 13.8 Å². The van der Waals surface area contributed by atoms with Crippen molar-refractivity contribution < 1.29 is 4.74 Å². The summed E-state index contributed by atoms with van der Waals surface area (Å²) >= 11 is 0. The fraction of sp³-hybridized carbons (Fsp3) is 0.419. The summed E-state index contributed by atoms with van der Waals surface area (Å²) in [4.78, 5) is 18.9. The zero-order valence-electron chi connectivity index (χ0n) is 22.6. The van der Waals surface area contributed by atoms with Crippen molar-refractivity contribution in [2.24, 2.45) is 0 Å². The Hall–Kier alpha value is -3.38. The van der Waals surface area contributed by atoms with E-state index in [4.69, 9.17) is 14.7 Å². The van der Waals surface area contributed by atoms with Crippen LogP contribution >= 0.6 is 0 Å². The van der Waals surface area contributed by atoms with E-state index in [1.54, 1.807) is 0 Å². The van der Waals surface area contributed by atoms with E-state index < -0.39 is 0 Å². The maximum Gasteiger partial charge on any atom is 0.162 e. The zero-order chi connectivity index (χ0) is 25.7. The third kappa shape index (κ3) is 4.27. The highest BCUT2D eigenvalue weighted by molar-refractivity contribution is 5.96. The Balaban J connectivity index is 1.48. The lowest BCUT2D eigenvalue weighted by atomic mass is 9.98. The number of nitrogens with zero attached hydrogens (tertiary/aromatic N) is 4. The van der Waals surface area contributed by atoms with E-state index in [0.29, 0.717) is 5.92 Å². The van der Waals surface area contributed by atoms with Gasteiger partial charge in [-0.1, -0.05) is 38.1 Å². The molecule has 1 saturated heterocycles. The number of aryl methyl sites for hydroxylation is 2. The lowest BCUT2D eigenvalue weighted by molar-refractivity contribution is 0.0984. The minimum absolute atomic E-state index is 0.270. The highest BCUT2D eigenvalue weighted by Gasteiger charge is 2.30. The summed E-state index contributed by atoms with van der Waals surface area (Å²) in [6.45, 7) is 15.2. The maximum atomic E-state index is 5.80. The monoisotopic (exact) mass is 495 g/mol. The predicted molar refractivity (Wildman–Crippen MR) is 152 cm³/mol. The number of benzene rings is 2. The highest BCUT2D eigenvalue weighted by atomic mass is 16.5. The van der Waals surface area contributed by atoms with Crippen molar-refractivity contribution in [1.82, 2.24) is 15.0 Å². The van der Waals surface area contributed by atoms with Crippen molar-refractivity contribution >= 4 is 22.4 Å². The van der Waals surface area contributed by atoms with Gasteiger partial charge in [-0.25, -0.2) is 9.97 Å². The second-order valence-electron chi connectivity index (χ2n) is 11.0. The van der Waals surface area contributed by atoms with Gasteiger partial charge in [-0.15, -0.1) is 0 Å². The van der Waals surface area contributed by atoms with Crippen LogP contribution in [0.15, 0.2) is 42.6 Å². The number of hydrogen-bond acceptors (Lipinski definition) is 5. The third-order valence-corrected chi connectivity index (χ3v) is 8.06. The van der Waals surface area contributed by atoms with E-state index in [-0.39, 0.29) is 6.04 Å². The molecule has 1 atom stereocenters. The van der Waals surface area contributed by atoms with Crippen molar-refractivity contribution in [3.05, 3.63) is 70.5 Å². The van der Waals surface area contributed by atoms with E-state index in [2.05, 4.69) is 92.0 Å². The van der Waals surface area contributed by atoms with Gasteiger partial charge in [0.25, 0.3) is 0 Å². The number of anilines is 2. The minimum atomic E-state index is 0.270. The highest BCUT2D eigenvalue weighted by Crippen LogP contribution is 2.37. The number of fused-ring (bicyclic) bond motifs is 2. The van der Waals surface area contributed by atoms with Gasteiger partial charge in [0.05, 0.1) is 24.9 Å². The summed E-state index contributed by atoms with van der Waals surface area (Å²) in [5.74, 6) is 2.40. The smallest absolute Gasteiger partial charge is 0.162 e. The molecule has 4 heterocycles.